The van der Waals surface area contributed by atoms with Crippen LogP contribution in [0.2, 0.25) is 0 Å². The highest BCUT2D eigenvalue weighted by molar-refractivity contribution is 9.10. The van der Waals surface area contributed by atoms with Crippen LogP contribution in [0.1, 0.15) is 9.88 Å². The lowest BCUT2D eigenvalue weighted by atomic mass is 10.4. The van der Waals surface area contributed by atoms with Crippen molar-refractivity contribution in [2.45, 2.75) is 13.5 Å². The van der Waals surface area contributed by atoms with Crippen LogP contribution in [0.25, 0.3) is 0 Å². The fourth-order valence-corrected chi connectivity index (χ4v) is 2.32. The van der Waals surface area contributed by atoms with Crippen molar-refractivity contribution in [3.63, 3.8) is 0 Å². The van der Waals surface area contributed by atoms with Crippen molar-refractivity contribution in [3.8, 4) is 0 Å². The molecule has 3 N–H and O–H groups in total. The van der Waals surface area contributed by atoms with Gasteiger partial charge in [-0.1, -0.05) is 0 Å². The van der Waals surface area contributed by atoms with E-state index in [2.05, 4.69) is 31.2 Å². The minimum Gasteiger partial charge on any atom is -0.396 e. The van der Waals surface area contributed by atoms with Crippen molar-refractivity contribution in [1.82, 2.24) is 9.97 Å². The molecule has 0 saturated carbocycles. The molecule has 0 aromatic carbocycles. The second-order valence-electron chi connectivity index (χ2n) is 3.31. The van der Waals surface area contributed by atoms with Crippen molar-refractivity contribution in [2.24, 2.45) is 0 Å². The lowest BCUT2D eigenvalue weighted by molar-refractivity contribution is 1.08. The first-order valence-electron chi connectivity index (χ1n) is 4.71. The SMILES string of the molecule is Cc1cnc(CNc2ncc(Br)cc2N)s1. The molecule has 84 valence electrons. The van der Waals surface area contributed by atoms with E-state index in [4.69, 9.17) is 5.73 Å². The van der Waals surface area contributed by atoms with Crippen LogP contribution in [0.5, 0.6) is 0 Å². The number of rotatable bonds is 3. The fourth-order valence-electron chi connectivity index (χ4n) is 1.25. The number of nitrogen functional groups attached to an aromatic ring is 1. The van der Waals surface area contributed by atoms with Crippen molar-refractivity contribution >= 4 is 38.8 Å². The molecule has 0 spiro atoms. The van der Waals surface area contributed by atoms with Crippen LogP contribution < -0.4 is 11.1 Å². The van der Waals surface area contributed by atoms with Gasteiger partial charge in [0.1, 0.15) is 10.8 Å². The van der Waals surface area contributed by atoms with Crippen LogP contribution in [0, 0.1) is 6.92 Å². The predicted molar refractivity (Wildman–Crippen MR) is 70.5 cm³/mol. The van der Waals surface area contributed by atoms with E-state index in [1.54, 1.807) is 17.5 Å². The summed E-state index contributed by atoms with van der Waals surface area (Å²) in [6.45, 7) is 2.69. The van der Waals surface area contributed by atoms with Crippen molar-refractivity contribution < 1.29 is 0 Å². The molecule has 0 atom stereocenters. The third-order valence-corrected chi connectivity index (χ3v) is 3.31. The van der Waals surface area contributed by atoms with Gasteiger partial charge in [-0.15, -0.1) is 11.3 Å². The molecule has 0 aliphatic rings. The van der Waals surface area contributed by atoms with Crippen LogP contribution in [0.3, 0.4) is 0 Å². The first-order chi connectivity index (χ1) is 7.65. The Kier molecular flexibility index (Phi) is 3.40. The van der Waals surface area contributed by atoms with Gasteiger partial charge in [0.2, 0.25) is 0 Å². The Labute approximate surface area is 106 Å². The van der Waals surface area contributed by atoms with Crippen LogP contribution in [-0.2, 0) is 6.54 Å². The summed E-state index contributed by atoms with van der Waals surface area (Å²) in [5, 5.41) is 4.19. The maximum Gasteiger partial charge on any atom is 0.149 e. The van der Waals surface area contributed by atoms with E-state index in [1.165, 1.54) is 4.88 Å². The van der Waals surface area contributed by atoms with Crippen LogP contribution in [0.4, 0.5) is 11.5 Å². The molecular weight excluding hydrogens is 288 g/mol. The van der Waals surface area contributed by atoms with E-state index in [0.717, 1.165) is 9.48 Å². The molecule has 2 aromatic heterocycles. The summed E-state index contributed by atoms with van der Waals surface area (Å²) in [5.41, 5.74) is 6.45. The van der Waals surface area contributed by atoms with Crippen molar-refractivity contribution in [2.75, 3.05) is 11.1 Å². The second kappa shape index (κ2) is 4.80. The highest BCUT2D eigenvalue weighted by Gasteiger charge is 2.03. The normalized spacial score (nSPS) is 10.4. The van der Waals surface area contributed by atoms with Gasteiger partial charge < -0.3 is 11.1 Å². The van der Waals surface area contributed by atoms with E-state index in [1.807, 2.05) is 19.2 Å². The first-order valence-corrected chi connectivity index (χ1v) is 6.32. The minimum atomic E-state index is 0.627. The summed E-state index contributed by atoms with van der Waals surface area (Å²) in [6, 6.07) is 1.82. The number of anilines is 2. The van der Waals surface area contributed by atoms with Gasteiger partial charge >= 0.3 is 0 Å². The van der Waals surface area contributed by atoms with Gasteiger partial charge in [-0.05, 0) is 28.9 Å². The summed E-state index contributed by atoms with van der Waals surface area (Å²) in [4.78, 5) is 9.65. The number of hydrogen-bond acceptors (Lipinski definition) is 5. The molecule has 0 aliphatic heterocycles. The topological polar surface area (TPSA) is 63.8 Å². The zero-order valence-electron chi connectivity index (χ0n) is 8.70. The van der Waals surface area contributed by atoms with E-state index in [-0.39, 0.29) is 0 Å². The average Bonchev–Trinajstić information content (AvgIpc) is 2.63. The molecule has 0 saturated heterocycles. The Balaban J connectivity index is 2.04. The van der Waals surface area contributed by atoms with Crippen LogP contribution >= 0.6 is 27.3 Å². The molecule has 0 unspecified atom stereocenters. The maximum atomic E-state index is 5.82. The lowest BCUT2D eigenvalue weighted by Crippen LogP contribution is -2.04. The molecule has 4 nitrogen and oxygen atoms in total. The molecule has 0 radical (unpaired) electrons. The summed E-state index contributed by atoms with van der Waals surface area (Å²) in [7, 11) is 0. The van der Waals surface area contributed by atoms with Gasteiger partial charge in [-0.2, -0.15) is 0 Å². The van der Waals surface area contributed by atoms with Gasteiger partial charge in [0.15, 0.2) is 0 Å². The van der Waals surface area contributed by atoms with Gasteiger partial charge in [-0.3, -0.25) is 0 Å². The Bertz CT molecular complexity index is 497. The number of nitrogens with two attached hydrogens (primary N) is 1. The van der Waals surface area contributed by atoms with Gasteiger partial charge in [0, 0.05) is 21.7 Å². The smallest absolute Gasteiger partial charge is 0.149 e. The molecule has 0 amide bonds. The minimum absolute atomic E-state index is 0.627. The van der Waals surface area contributed by atoms with Gasteiger partial charge in [-0.25, -0.2) is 9.97 Å². The summed E-state index contributed by atoms with van der Waals surface area (Å²) in [5.74, 6) is 0.691. The van der Waals surface area contributed by atoms with E-state index in [9.17, 15) is 0 Å². The molecule has 2 aromatic rings. The Morgan fingerprint density at radius 1 is 1.44 bits per heavy atom. The zero-order chi connectivity index (χ0) is 11.5. The number of halogens is 1. The molecule has 16 heavy (non-hydrogen) atoms. The zero-order valence-corrected chi connectivity index (χ0v) is 11.1. The van der Waals surface area contributed by atoms with Gasteiger partial charge in [0.05, 0.1) is 12.2 Å². The maximum absolute atomic E-state index is 5.82. The average molecular weight is 299 g/mol. The van der Waals surface area contributed by atoms with E-state index >= 15 is 0 Å². The number of thiazole rings is 1. The number of aryl methyl sites for hydroxylation is 1. The largest absolute Gasteiger partial charge is 0.396 e. The number of pyridine rings is 1. The third kappa shape index (κ3) is 2.70. The molecule has 0 aliphatic carbocycles. The van der Waals surface area contributed by atoms with Gasteiger partial charge in [0.25, 0.3) is 0 Å². The molecule has 2 rings (SSSR count). The second-order valence-corrected chi connectivity index (χ2v) is 5.54. The third-order valence-electron chi connectivity index (χ3n) is 1.96. The first kappa shape index (κ1) is 11.3. The lowest BCUT2D eigenvalue weighted by Gasteiger charge is -2.06. The summed E-state index contributed by atoms with van der Waals surface area (Å²) >= 11 is 4.98. The fraction of sp³-hybridized carbons (Fsp3) is 0.200. The van der Waals surface area contributed by atoms with E-state index in [0.29, 0.717) is 18.1 Å². The number of aromatic nitrogens is 2. The van der Waals surface area contributed by atoms with Crippen molar-refractivity contribution in [3.05, 3.63) is 32.8 Å². The van der Waals surface area contributed by atoms with Crippen LogP contribution in [0.15, 0.2) is 22.9 Å². The highest BCUT2D eigenvalue weighted by atomic mass is 79.9. The van der Waals surface area contributed by atoms with Crippen LogP contribution in [-0.4, -0.2) is 9.97 Å². The number of nitrogens with zero attached hydrogens (tertiary/aromatic N) is 2. The van der Waals surface area contributed by atoms with Crippen molar-refractivity contribution in [1.29, 1.82) is 0 Å². The monoisotopic (exact) mass is 298 g/mol. The standard InChI is InChI=1S/C10H11BrN4S/c1-6-3-13-9(16-6)5-15-10-8(12)2-7(11)4-14-10/h2-4H,5,12H2,1H3,(H,14,15). The number of nitrogens with one attached hydrogen (secondary N) is 1. The quantitative estimate of drug-likeness (QED) is 0.914. The molecule has 6 heteroatoms. The summed E-state index contributed by atoms with van der Waals surface area (Å²) < 4.78 is 0.876. The Morgan fingerprint density at radius 3 is 2.88 bits per heavy atom. The molecule has 0 fully saturated rings. The predicted octanol–water partition coefficient (Wildman–Crippen LogP) is 2.80. The molecular formula is C10H11BrN4S. The Hall–Kier alpha value is -1.14. The van der Waals surface area contributed by atoms with E-state index < -0.39 is 0 Å². The summed E-state index contributed by atoms with van der Waals surface area (Å²) in [6.07, 6.45) is 3.58. The molecule has 2 heterocycles. The number of hydrogen-bond donors (Lipinski definition) is 2. The molecule has 0 bridgehead atoms. The Morgan fingerprint density at radius 2 is 2.25 bits per heavy atom. The highest BCUT2D eigenvalue weighted by Crippen LogP contribution is 2.21.